The Bertz CT molecular complexity index is 1490. The van der Waals surface area contributed by atoms with Gasteiger partial charge >= 0.3 is 0 Å². The van der Waals surface area contributed by atoms with Crippen LogP contribution >= 0.6 is 11.6 Å². The van der Waals surface area contributed by atoms with Crippen LogP contribution in [0.15, 0.2) is 48.5 Å². The second-order valence-electron chi connectivity index (χ2n) is 12.6. The van der Waals surface area contributed by atoms with Crippen molar-refractivity contribution in [3.05, 3.63) is 59.1 Å². The Balaban J connectivity index is 2.09. The Morgan fingerprint density at radius 2 is 1.02 bits per heavy atom. The lowest BCUT2D eigenvalue weighted by molar-refractivity contribution is -0.134. The Hall–Kier alpha value is -4.45. The zero-order chi connectivity index (χ0) is 38.8. The Labute approximate surface area is 309 Å². The van der Waals surface area contributed by atoms with Crippen molar-refractivity contribution in [1.29, 1.82) is 0 Å². The van der Waals surface area contributed by atoms with Crippen LogP contribution in [0.5, 0.6) is 0 Å². The molecule has 0 heterocycles. The number of Topliss-reactive ketones (excluding diaryl/α,β-unsaturated/α-hetero) is 1. The van der Waals surface area contributed by atoms with Gasteiger partial charge in [0.25, 0.3) is 11.8 Å². The van der Waals surface area contributed by atoms with Gasteiger partial charge in [-0.1, -0.05) is 49.7 Å². The number of halogens is 1. The van der Waals surface area contributed by atoms with Gasteiger partial charge in [0.1, 0.15) is 24.3 Å². The minimum atomic E-state index is -1.63. The van der Waals surface area contributed by atoms with Crippen molar-refractivity contribution in [2.24, 2.45) is 34.6 Å². The first-order chi connectivity index (χ1) is 24.7. The predicted molar refractivity (Wildman–Crippen MR) is 199 cm³/mol. The molecule has 0 aliphatic rings. The summed E-state index contributed by atoms with van der Waals surface area (Å²) in [6, 6.07) is 10.4. The van der Waals surface area contributed by atoms with Crippen molar-refractivity contribution in [3.8, 4) is 11.1 Å². The number of carbonyl (C=O) groups excluding carboxylic acids is 6. The van der Waals surface area contributed by atoms with Crippen LogP contribution < -0.4 is 55.3 Å². The number of hydrogen-bond acceptors (Lipinski definition) is 11. The lowest BCUT2D eigenvalue weighted by Crippen LogP contribution is -2.62. The molecule has 16 nitrogen and oxygen atoms in total. The highest BCUT2D eigenvalue weighted by Crippen LogP contribution is 2.22. The van der Waals surface area contributed by atoms with E-state index in [1.807, 2.05) is 12.1 Å². The normalized spacial score (nSPS) is 13.9. The molecule has 5 amide bonds. The van der Waals surface area contributed by atoms with E-state index in [2.05, 4.69) is 26.6 Å². The number of amides is 5. The molecule has 0 aromatic heterocycles. The maximum atomic E-state index is 13.3. The third kappa shape index (κ3) is 14.3. The fourth-order valence-electron chi connectivity index (χ4n) is 4.99. The molecule has 2 rings (SSSR count). The summed E-state index contributed by atoms with van der Waals surface area (Å²) < 4.78 is 0. The standard InChI is InChI=1S/C35H53ClN10O6/c1-20(2)28(47)29(40)45-32(49)26(8-4-6-18-38)43-35(52)30(41)46-33(50)25(7-3-5-17-37)42-34(51)27(19-39)44-31(48)23-11-9-21(10-12-23)22-13-15-24(36)16-14-22/h9-16,20,25-27,29-30H,3-8,17-19,37-41H2,1-2H3,(H,42,51)(H,43,52)(H,44,48)(H,45,49)(H,46,50). The average Bonchev–Trinajstić information content (AvgIpc) is 3.12. The highest BCUT2D eigenvalue weighted by molar-refractivity contribution is 6.30. The third-order valence-corrected chi connectivity index (χ3v) is 8.35. The SMILES string of the molecule is CC(C)C(=O)C(N)NC(=O)C(CCCCN)NC(=O)C(N)NC(=O)C(CCCCN)NC(=O)C(CN)NC(=O)c1ccc(-c2ccc(Cl)cc2)cc1. The van der Waals surface area contributed by atoms with Crippen LogP contribution in [0.25, 0.3) is 11.1 Å². The molecule has 2 aromatic rings. The number of unbranched alkanes of at least 4 members (excludes halogenated alkanes) is 2. The van der Waals surface area contributed by atoms with E-state index >= 15 is 0 Å². The molecule has 0 aliphatic heterocycles. The molecule has 5 atom stereocenters. The second kappa shape index (κ2) is 22.5. The van der Waals surface area contributed by atoms with E-state index in [0.29, 0.717) is 43.8 Å². The maximum Gasteiger partial charge on any atom is 0.258 e. The first kappa shape index (κ1) is 43.7. The van der Waals surface area contributed by atoms with E-state index in [1.54, 1.807) is 50.2 Å². The molecule has 2 aromatic carbocycles. The van der Waals surface area contributed by atoms with Gasteiger partial charge in [0, 0.05) is 23.0 Å². The van der Waals surface area contributed by atoms with Crippen LogP contribution in [0.3, 0.4) is 0 Å². The first-order valence-corrected chi connectivity index (χ1v) is 17.6. The van der Waals surface area contributed by atoms with Crippen molar-refractivity contribution in [3.63, 3.8) is 0 Å². The van der Waals surface area contributed by atoms with Gasteiger partial charge in [0.05, 0.1) is 0 Å². The zero-order valence-electron chi connectivity index (χ0n) is 29.7. The Kier molecular flexibility index (Phi) is 18.9. The van der Waals surface area contributed by atoms with Crippen LogP contribution in [0, 0.1) is 5.92 Å². The molecule has 17 heteroatoms. The summed E-state index contributed by atoms with van der Waals surface area (Å²) in [5.41, 5.74) is 30.9. The van der Waals surface area contributed by atoms with Crippen LogP contribution in [-0.2, 0) is 24.0 Å². The summed E-state index contributed by atoms with van der Waals surface area (Å²) in [6.07, 6.45) is -0.614. The van der Waals surface area contributed by atoms with Crippen molar-refractivity contribution in [2.75, 3.05) is 19.6 Å². The molecule has 0 radical (unpaired) electrons. The topological polar surface area (TPSA) is 293 Å². The van der Waals surface area contributed by atoms with Gasteiger partial charge in [0.2, 0.25) is 17.7 Å². The molecule has 15 N–H and O–H groups in total. The molecular formula is C35H53ClN10O6. The molecular weight excluding hydrogens is 692 g/mol. The molecule has 52 heavy (non-hydrogen) atoms. The minimum absolute atomic E-state index is 0.131. The van der Waals surface area contributed by atoms with E-state index in [0.717, 1.165) is 11.1 Å². The molecule has 0 bridgehead atoms. The number of benzene rings is 2. The summed E-state index contributed by atoms with van der Waals surface area (Å²) in [6.45, 7) is 3.69. The average molecular weight is 745 g/mol. The maximum absolute atomic E-state index is 13.3. The highest BCUT2D eigenvalue weighted by atomic mass is 35.5. The van der Waals surface area contributed by atoms with Crippen molar-refractivity contribution >= 4 is 46.9 Å². The number of ketones is 1. The van der Waals surface area contributed by atoms with Crippen molar-refractivity contribution in [2.45, 2.75) is 82.8 Å². The smallest absolute Gasteiger partial charge is 0.258 e. The van der Waals surface area contributed by atoms with E-state index in [1.165, 1.54) is 0 Å². The fourth-order valence-corrected chi connectivity index (χ4v) is 5.12. The van der Waals surface area contributed by atoms with Gasteiger partial charge in [-0.05, 0) is 87.0 Å². The Morgan fingerprint density at radius 1 is 0.577 bits per heavy atom. The third-order valence-electron chi connectivity index (χ3n) is 8.10. The number of nitrogens with one attached hydrogen (secondary N) is 5. The lowest BCUT2D eigenvalue weighted by atomic mass is 10.0. The second-order valence-corrected chi connectivity index (χ2v) is 13.0. The van der Waals surface area contributed by atoms with Gasteiger partial charge in [0.15, 0.2) is 11.9 Å². The minimum Gasteiger partial charge on any atom is -0.342 e. The van der Waals surface area contributed by atoms with Gasteiger partial charge in [-0.15, -0.1) is 0 Å². The van der Waals surface area contributed by atoms with Gasteiger partial charge in [-0.2, -0.15) is 0 Å². The summed E-state index contributed by atoms with van der Waals surface area (Å²) in [7, 11) is 0. The monoisotopic (exact) mass is 744 g/mol. The van der Waals surface area contributed by atoms with E-state index < -0.39 is 71.7 Å². The number of hydrogen-bond donors (Lipinski definition) is 10. The van der Waals surface area contributed by atoms with Gasteiger partial charge in [-0.3, -0.25) is 28.8 Å². The van der Waals surface area contributed by atoms with E-state index in [9.17, 15) is 28.8 Å². The summed E-state index contributed by atoms with van der Waals surface area (Å²) in [5.74, 6) is -4.51. The van der Waals surface area contributed by atoms with Crippen LogP contribution in [0.2, 0.25) is 5.02 Å². The van der Waals surface area contributed by atoms with Crippen LogP contribution in [0.1, 0.15) is 62.7 Å². The predicted octanol–water partition coefficient (Wildman–Crippen LogP) is -0.681. The van der Waals surface area contributed by atoms with Crippen molar-refractivity contribution in [1.82, 2.24) is 26.6 Å². The largest absolute Gasteiger partial charge is 0.342 e. The molecule has 0 aliphatic carbocycles. The number of rotatable bonds is 22. The van der Waals surface area contributed by atoms with Crippen LogP contribution in [-0.4, -0.2) is 85.4 Å². The molecule has 5 unspecified atom stereocenters. The molecule has 0 fully saturated rings. The molecule has 286 valence electrons. The number of nitrogens with two attached hydrogens (primary N) is 5. The van der Waals surface area contributed by atoms with Gasteiger partial charge in [-0.25, -0.2) is 0 Å². The lowest BCUT2D eigenvalue weighted by Gasteiger charge is -2.25. The zero-order valence-corrected chi connectivity index (χ0v) is 30.4. The van der Waals surface area contributed by atoms with E-state index in [4.69, 9.17) is 40.3 Å². The molecule has 0 saturated heterocycles. The summed E-state index contributed by atoms with van der Waals surface area (Å²) in [5, 5.41) is 13.0. The van der Waals surface area contributed by atoms with Crippen molar-refractivity contribution < 1.29 is 28.8 Å². The van der Waals surface area contributed by atoms with E-state index in [-0.39, 0.29) is 24.9 Å². The first-order valence-electron chi connectivity index (χ1n) is 17.3. The fraction of sp³-hybridized carbons (Fsp3) is 0.486. The summed E-state index contributed by atoms with van der Waals surface area (Å²) >= 11 is 5.97. The summed E-state index contributed by atoms with van der Waals surface area (Å²) in [4.78, 5) is 77.9. The number of carbonyl (C=O) groups is 6. The van der Waals surface area contributed by atoms with Crippen LogP contribution in [0.4, 0.5) is 0 Å². The quantitative estimate of drug-likeness (QED) is 0.0532. The Morgan fingerprint density at radius 3 is 1.48 bits per heavy atom. The highest BCUT2D eigenvalue weighted by Gasteiger charge is 2.30. The van der Waals surface area contributed by atoms with Gasteiger partial charge < -0.3 is 55.3 Å². The molecule has 0 saturated carbocycles. The molecule has 0 spiro atoms.